The molecule has 0 aliphatic heterocycles. The molecule has 3 aromatic heterocycles. The number of carbonyl (C=O) groups is 1. The zero-order valence-corrected chi connectivity index (χ0v) is 17.1. The summed E-state index contributed by atoms with van der Waals surface area (Å²) < 4.78 is 1.05. The van der Waals surface area contributed by atoms with Crippen LogP contribution in [0.15, 0.2) is 55.0 Å². The second kappa shape index (κ2) is 8.59. The van der Waals surface area contributed by atoms with Crippen LogP contribution in [0.1, 0.15) is 30.3 Å². The number of hydrogen-bond donors (Lipinski definition) is 1. The highest BCUT2D eigenvalue weighted by Crippen LogP contribution is 2.36. The molecular formula is C23H22N4OS. The van der Waals surface area contributed by atoms with Crippen molar-refractivity contribution in [1.82, 2.24) is 15.0 Å². The van der Waals surface area contributed by atoms with Gasteiger partial charge in [-0.05, 0) is 41.8 Å². The van der Waals surface area contributed by atoms with Crippen LogP contribution < -0.4 is 5.73 Å². The van der Waals surface area contributed by atoms with E-state index >= 15 is 0 Å². The molecule has 3 heterocycles. The van der Waals surface area contributed by atoms with E-state index in [0.717, 1.165) is 49.6 Å². The molecule has 5 nitrogen and oxygen atoms in total. The first-order valence-corrected chi connectivity index (χ1v) is 10.5. The van der Waals surface area contributed by atoms with Gasteiger partial charge in [0, 0.05) is 42.7 Å². The Kier molecular flexibility index (Phi) is 5.74. The van der Waals surface area contributed by atoms with Gasteiger partial charge >= 0.3 is 0 Å². The Hall–Kier alpha value is -2.96. The van der Waals surface area contributed by atoms with Gasteiger partial charge in [-0.25, -0.2) is 4.98 Å². The first kappa shape index (κ1) is 19.4. The van der Waals surface area contributed by atoms with E-state index in [9.17, 15) is 4.79 Å². The number of thiazole rings is 1. The minimum absolute atomic E-state index is 0.228. The maximum Gasteiger partial charge on any atom is 0.139 e. The van der Waals surface area contributed by atoms with Crippen LogP contribution in [0.5, 0.6) is 0 Å². The average Bonchev–Trinajstić information content (AvgIpc) is 3.16. The molecule has 0 bridgehead atoms. The number of nitrogens with two attached hydrogens (primary N) is 1. The van der Waals surface area contributed by atoms with E-state index in [1.54, 1.807) is 17.5 Å². The lowest BCUT2D eigenvalue weighted by molar-refractivity contribution is -0.118. The third-order valence-corrected chi connectivity index (χ3v) is 5.85. The second-order valence-electron chi connectivity index (χ2n) is 6.94. The van der Waals surface area contributed by atoms with E-state index < -0.39 is 0 Å². The monoisotopic (exact) mass is 402 g/mol. The Balaban J connectivity index is 1.85. The fraction of sp³-hybridized carbons (Fsp3) is 0.217. The fourth-order valence-electron chi connectivity index (χ4n) is 3.29. The van der Waals surface area contributed by atoms with Crippen molar-refractivity contribution in [3.05, 3.63) is 65.6 Å². The lowest BCUT2D eigenvalue weighted by atomic mass is 10.0. The predicted molar refractivity (Wildman–Crippen MR) is 118 cm³/mol. The van der Waals surface area contributed by atoms with Gasteiger partial charge in [0.2, 0.25) is 0 Å². The molecule has 0 aliphatic carbocycles. The van der Waals surface area contributed by atoms with Gasteiger partial charge < -0.3 is 5.73 Å². The molecular weight excluding hydrogens is 380 g/mol. The van der Waals surface area contributed by atoms with E-state index in [1.807, 2.05) is 43.6 Å². The van der Waals surface area contributed by atoms with E-state index in [0.29, 0.717) is 19.4 Å². The molecule has 6 heteroatoms. The van der Waals surface area contributed by atoms with Crippen LogP contribution in [0.3, 0.4) is 0 Å². The Morgan fingerprint density at radius 3 is 2.72 bits per heavy atom. The number of fused-ring (bicyclic) bond motifs is 1. The third-order valence-electron chi connectivity index (χ3n) is 4.74. The molecule has 1 aromatic carbocycles. The molecule has 0 aliphatic rings. The topological polar surface area (TPSA) is 81.8 Å². The van der Waals surface area contributed by atoms with Crippen LogP contribution >= 0.6 is 11.3 Å². The molecule has 4 rings (SSSR count). The third kappa shape index (κ3) is 4.23. The van der Waals surface area contributed by atoms with Crippen LogP contribution in [-0.4, -0.2) is 20.7 Å². The highest BCUT2D eigenvalue weighted by molar-refractivity contribution is 7.19. The first-order chi connectivity index (χ1) is 14.2. The summed E-state index contributed by atoms with van der Waals surface area (Å²) in [5, 5.41) is 0.849. The quantitative estimate of drug-likeness (QED) is 0.481. The van der Waals surface area contributed by atoms with Crippen molar-refractivity contribution < 1.29 is 4.79 Å². The van der Waals surface area contributed by atoms with Crippen LogP contribution in [0.25, 0.3) is 32.6 Å². The largest absolute Gasteiger partial charge is 0.326 e. The summed E-state index contributed by atoms with van der Waals surface area (Å²) in [7, 11) is 0. The summed E-state index contributed by atoms with van der Waals surface area (Å²) in [5.41, 5.74) is 11.5. The molecule has 0 unspecified atom stereocenters. The molecule has 0 fully saturated rings. The van der Waals surface area contributed by atoms with E-state index in [1.165, 1.54) is 0 Å². The van der Waals surface area contributed by atoms with E-state index in [-0.39, 0.29) is 5.78 Å². The zero-order valence-electron chi connectivity index (χ0n) is 16.3. The molecule has 29 heavy (non-hydrogen) atoms. The van der Waals surface area contributed by atoms with Crippen molar-refractivity contribution in [3.63, 3.8) is 0 Å². The van der Waals surface area contributed by atoms with Crippen LogP contribution in [0, 0.1) is 0 Å². The summed E-state index contributed by atoms with van der Waals surface area (Å²) >= 11 is 1.57. The van der Waals surface area contributed by atoms with Crippen LogP contribution in [-0.2, 0) is 17.8 Å². The number of aromatic nitrogens is 3. The summed E-state index contributed by atoms with van der Waals surface area (Å²) in [6, 6.07) is 12.1. The predicted octanol–water partition coefficient (Wildman–Crippen LogP) is 4.79. The van der Waals surface area contributed by atoms with Gasteiger partial charge in [-0.2, -0.15) is 0 Å². The highest BCUT2D eigenvalue weighted by Gasteiger charge is 2.15. The first-order valence-electron chi connectivity index (χ1n) is 9.69. The van der Waals surface area contributed by atoms with Crippen molar-refractivity contribution in [1.29, 1.82) is 0 Å². The van der Waals surface area contributed by atoms with Gasteiger partial charge in [0.25, 0.3) is 0 Å². The van der Waals surface area contributed by atoms with E-state index in [2.05, 4.69) is 22.1 Å². The van der Waals surface area contributed by atoms with Crippen molar-refractivity contribution in [3.8, 4) is 22.4 Å². The molecule has 0 amide bonds. The maximum atomic E-state index is 12.1. The van der Waals surface area contributed by atoms with Crippen molar-refractivity contribution >= 4 is 27.3 Å². The highest BCUT2D eigenvalue weighted by atomic mass is 32.1. The minimum atomic E-state index is 0.228. The summed E-state index contributed by atoms with van der Waals surface area (Å²) in [6.07, 6.45) is 7.24. The SMILES string of the molecule is CCCC(=O)Cc1nc2cc(-c3cccnc3)cc(-c3ccc(CN)cn3)c2s1. The van der Waals surface area contributed by atoms with Gasteiger partial charge in [0.05, 0.1) is 22.3 Å². The van der Waals surface area contributed by atoms with Gasteiger partial charge in [0.15, 0.2) is 0 Å². The standard InChI is InChI=1S/C23H22N4OS/c1-2-4-18(28)11-22-27-21-10-17(16-5-3-8-25-14-16)9-19(23(21)29-22)20-7-6-15(12-24)13-26-20/h3,5-10,13-14H,2,4,11-12,24H2,1H3. The minimum Gasteiger partial charge on any atom is -0.326 e. The smallest absolute Gasteiger partial charge is 0.139 e. The molecule has 146 valence electrons. The second-order valence-corrected chi connectivity index (χ2v) is 8.03. The lowest BCUT2D eigenvalue weighted by Crippen LogP contribution is -2.00. The van der Waals surface area contributed by atoms with Crippen molar-refractivity contribution in [2.24, 2.45) is 5.73 Å². The summed E-state index contributed by atoms with van der Waals surface area (Å²) in [6.45, 7) is 2.48. The molecule has 0 saturated heterocycles. The number of nitrogens with zero attached hydrogens (tertiary/aromatic N) is 3. The molecule has 0 atom stereocenters. The number of benzene rings is 1. The molecule has 0 saturated carbocycles. The molecule has 2 N–H and O–H groups in total. The number of Topliss-reactive ketones (excluding diaryl/α,β-unsaturated/α-hetero) is 1. The van der Waals surface area contributed by atoms with Crippen LogP contribution in [0.2, 0.25) is 0 Å². The summed E-state index contributed by atoms with van der Waals surface area (Å²) in [4.78, 5) is 25.8. The van der Waals surface area contributed by atoms with Crippen molar-refractivity contribution in [2.75, 3.05) is 0 Å². The Morgan fingerprint density at radius 2 is 2.03 bits per heavy atom. The van der Waals surface area contributed by atoms with E-state index in [4.69, 9.17) is 10.7 Å². The van der Waals surface area contributed by atoms with Gasteiger partial charge in [0.1, 0.15) is 10.8 Å². The number of pyridine rings is 2. The molecule has 0 radical (unpaired) electrons. The lowest BCUT2D eigenvalue weighted by Gasteiger charge is -2.07. The number of carbonyl (C=O) groups excluding carboxylic acids is 1. The Morgan fingerprint density at radius 1 is 1.14 bits per heavy atom. The summed E-state index contributed by atoms with van der Waals surface area (Å²) in [5.74, 6) is 0.228. The van der Waals surface area contributed by atoms with Crippen molar-refractivity contribution in [2.45, 2.75) is 32.7 Å². The zero-order chi connectivity index (χ0) is 20.2. The molecule has 0 spiro atoms. The average molecular weight is 403 g/mol. The fourth-order valence-corrected chi connectivity index (χ4v) is 4.38. The number of rotatable bonds is 7. The number of hydrogen-bond acceptors (Lipinski definition) is 6. The molecule has 4 aromatic rings. The number of ketones is 1. The van der Waals surface area contributed by atoms with Crippen LogP contribution in [0.4, 0.5) is 0 Å². The normalized spacial score (nSPS) is 11.1. The van der Waals surface area contributed by atoms with Gasteiger partial charge in [-0.15, -0.1) is 11.3 Å². The van der Waals surface area contributed by atoms with Gasteiger partial charge in [-0.3, -0.25) is 14.8 Å². The Labute approximate surface area is 173 Å². The van der Waals surface area contributed by atoms with Gasteiger partial charge in [-0.1, -0.05) is 19.1 Å². The maximum absolute atomic E-state index is 12.1. The Bertz CT molecular complexity index is 1140.